The molecule has 33 heavy (non-hydrogen) atoms. The highest BCUT2D eigenvalue weighted by atomic mass is 19.2. The van der Waals surface area contributed by atoms with Crippen LogP contribution < -0.4 is 4.74 Å². The summed E-state index contributed by atoms with van der Waals surface area (Å²) in [6.07, 6.45) is 1.46. The molecular weight excluding hydrogens is 429 g/mol. The molecule has 1 aliphatic rings. The zero-order valence-electron chi connectivity index (χ0n) is 18.3. The molecule has 3 nitrogen and oxygen atoms in total. The molecule has 172 valence electrons. The lowest BCUT2D eigenvalue weighted by Crippen LogP contribution is -2.25. The molecule has 0 aromatic heterocycles. The second-order valence-corrected chi connectivity index (χ2v) is 8.08. The van der Waals surface area contributed by atoms with Gasteiger partial charge in [0.25, 0.3) is 0 Å². The van der Waals surface area contributed by atoms with Crippen molar-refractivity contribution in [2.45, 2.75) is 19.6 Å². The summed E-state index contributed by atoms with van der Waals surface area (Å²) in [7, 11) is 0. The van der Waals surface area contributed by atoms with E-state index in [9.17, 15) is 13.2 Å². The van der Waals surface area contributed by atoms with Gasteiger partial charge in [-0.2, -0.15) is 4.39 Å². The van der Waals surface area contributed by atoms with Crippen LogP contribution >= 0.6 is 0 Å². The van der Waals surface area contributed by atoms with E-state index in [0.29, 0.717) is 36.3 Å². The molecule has 1 saturated heterocycles. The average molecular weight is 454 g/mol. The van der Waals surface area contributed by atoms with E-state index < -0.39 is 23.7 Å². The largest absolute Gasteiger partial charge is 0.490 e. The lowest BCUT2D eigenvalue weighted by molar-refractivity contribution is -0.203. The van der Waals surface area contributed by atoms with Crippen LogP contribution in [0, 0.1) is 23.4 Å². The third kappa shape index (κ3) is 5.13. The number of ether oxygens (including phenoxy) is 3. The maximum Gasteiger partial charge on any atom is 0.201 e. The molecule has 4 rings (SSSR count). The van der Waals surface area contributed by atoms with E-state index in [1.807, 2.05) is 6.92 Å². The Morgan fingerprint density at radius 1 is 0.909 bits per heavy atom. The standard InChI is InChI=1S/C27H25F3O3/c1-3-4-13-31-24-12-11-21(25(29)26(24)30)19-7-5-18(6-8-19)20-9-10-22(23(28)14-20)27-32-15-17(2)16-33-27/h3,5-12,14,17,27H,1,4,13,15-16H2,2H3. The number of hydrogen-bond acceptors (Lipinski definition) is 3. The van der Waals surface area contributed by atoms with E-state index in [-0.39, 0.29) is 23.8 Å². The molecule has 0 bridgehead atoms. The fraction of sp³-hybridized carbons (Fsp3) is 0.259. The third-order valence-electron chi connectivity index (χ3n) is 5.47. The molecule has 0 radical (unpaired) electrons. The summed E-state index contributed by atoms with van der Waals surface area (Å²) in [5.41, 5.74) is 2.38. The van der Waals surface area contributed by atoms with Crippen LogP contribution in [0.15, 0.2) is 67.3 Å². The molecule has 6 heteroatoms. The van der Waals surface area contributed by atoms with Gasteiger partial charge in [-0.25, -0.2) is 8.78 Å². The molecule has 0 saturated carbocycles. The van der Waals surface area contributed by atoms with Gasteiger partial charge in [0.1, 0.15) is 5.82 Å². The van der Waals surface area contributed by atoms with Crippen molar-refractivity contribution in [1.82, 2.24) is 0 Å². The van der Waals surface area contributed by atoms with Crippen molar-refractivity contribution >= 4 is 0 Å². The van der Waals surface area contributed by atoms with Crippen molar-refractivity contribution in [2.75, 3.05) is 19.8 Å². The minimum absolute atomic E-state index is 0.123. The molecule has 1 heterocycles. The number of halogens is 3. The Bertz CT molecular complexity index is 1120. The Hall–Kier alpha value is -3.09. The van der Waals surface area contributed by atoms with Crippen LogP contribution in [0.2, 0.25) is 0 Å². The molecule has 3 aromatic rings. The van der Waals surface area contributed by atoms with E-state index in [4.69, 9.17) is 14.2 Å². The summed E-state index contributed by atoms with van der Waals surface area (Å²) in [5.74, 6) is -2.28. The zero-order chi connectivity index (χ0) is 23.4. The lowest BCUT2D eigenvalue weighted by atomic mass is 9.98. The summed E-state index contributed by atoms with van der Waals surface area (Å²) >= 11 is 0. The summed E-state index contributed by atoms with van der Waals surface area (Å²) < 4.78 is 60.2. The van der Waals surface area contributed by atoms with Gasteiger partial charge in [-0.1, -0.05) is 49.4 Å². The van der Waals surface area contributed by atoms with Gasteiger partial charge in [0.15, 0.2) is 17.9 Å². The Labute approximate surface area is 191 Å². The van der Waals surface area contributed by atoms with Gasteiger partial charge < -0.3 is 14.2 Å². The summed E-state index contributed by atoms with van der Waals surface area (Å²) in [6, 6.07) is 14.6. The van der Waals surface area contributed by atoms with Crippen molar-refractivity contribution in [3.05, 3.63) is 90.3 Å². The van der Waals surface area contributed by atoms with Crippen molar-refractivity contribution in [2.24, 2.45) is 5.92 Å². The van der Waals surface area contributed by atoms with Gasteiger partial charge in [-0.3, -0.25) is 0 Å². The van der Waals surface area contributed by atoms with E-state index in [0.717, 1.165) is 5.56 Å². The topological polar surface area (TPSA) is 27.7 Å². The van der Waals surface area contributed by atoms with Gasteiger partial charge >= 0.3 is 0 Å². The van der Waals surface area contributed by atoms with E-state index in [2.05, 4.69) is 6.58 Å². The number of hydrogen-bond donors (Lipinski definition) is 0. The van der Waals surface area contributed by atoms with Crippen LogP contribution in [0.5, 0.6) is 5.75 Å². The monoisotopic (exact) mass is 454 g/mol. The zero-order valence-corrected chi connectivity index (χ0v) is 18.3. The van der Waals surface area contributed by atoms with Gasteiger partial charge in [-0.05, 0) is 41.3 Å². The summed E-state index contributed by atoms with van der Waals surface area (Å²) in [4.78, 5) is 0. The molecular formula is C27H25F3O3. The first kappa shape index (κ1) is 23.1. The Balaban J connectivity index is 1.52. The van der Waals surface area contributed by atoms with Crippen LogP contribution in [-0.2, 0) is 9.47 Å². The fourth-order valence-corrected chi connectivity index (χ4v) is 3.64. The predicted molar refractivity (Wildman–Crippen MR) is 121 cm³/mol. The summed E-state index contributed by atoms with van der Waals surface area (Å²) in [5, 5.41) is 0. The Kier molecular flexibility index (Phi) is 7.16. The smallest absolute Gasteiger partial charge is 0.201 e. The van der Waals surface area contributed by atoms with Crippen molar-refractivity contribution < 1.29 is 27.4 Å². The molecule has 3 aromatic carbocycles. The third-order valence-corrected chi connectivity index (χ3v) is 5.47. The lowest BCUT2D eigenvalue weighted by Gasteiger charge is -2.27. The molecule has 1 fully saturated rings. The number of rotatable bonds is 7. The van der Waals surface area contributed by atoms with Crippen molar-refractivity contribution in [3.63, 3.8) is 0 Å². The first-order chi connectivity index (χ1) is 16.0. The highest BCUT2D eigenvalue weighted by molar-refractivity contribution is 5.71. The second-order valence-electron chi connectivity index (χ2n) is 8.08. The van der Waals surface area contributed by atoms with E-state index in [1.165, 1.54) is 18.2 Å². The average Bonchev–Trinajstić information content (AvgIpc) is 2.83. The minimum atomic E-state index is -1.03. The van der Waals surface area contributed by atoms with Crippen LogP contribution in [0.3, 0.4) is 0 Å². The molecule has 0 N–H and O–H groups in total. The van der Waals surface area contributed by atoms with Crippen molar-refractivity contribution in [1.29, 1.82) is 0 Å². The highest BCUT2D eigenvalue weighted by Gasteiger charge is 2.24. The minimum Gasteiger partial charge on any atom is -0.490 e. The predicted octanol–water partition coefficient (Wildman–Crippen LogP) is 7.07. The summed E-state index contributed by atoms with van der Waals surface area (Å²) in [6.45, 7) is 6.84. The van der Waals surface area contributed by atoms with Crippen LogP contribution in [0.25, 0.3) is 22.3 Å². The first-order valence-corrected chi connectivity index (χ1v) is 10.8. The fourth-order valence-electron chi connectivity index (χ4n) is 3.64. The SMILES string of the molecule is C=CCCOc1ccc(-c2ccc(-c3ccc(C4OCC(C)CO4)c(F)c3)cc2)c(F)c1F. The van der Waals surface area contributed by atoms with Crippen LogP contribution in [0.1, 0.15) is 25.2 Å². The van der Waals surface area contributed by atoms with E-state index >= 15 is 0 Å². The number of benzene rings is 3. The quantitative estimate of drug-likeness (QED) is 0.282. The van der Waals surface area contributed by atoms with Gasteiger partial charge in [0.05, 0.1) is 19.8 Å². The molecule has 0 atom stereocenters. The Morgan fingerprint density at radius 2 is 1.58 bits per heavy atom. The second kappa shape index (κ2) is 10.2. The molecule has 0 amide bonds. The maximum atomic E-state index is 14.7. The van der Waals surface area contributed by atoms with Crippen molar-refractivity contribution in [3.8, 4) is 28.0 Å². The first-order valence-electron chi connectivity index (χ1n) is 10.8. The highest BCUT2D eigenvalue weighted by Crippen LogP contribution is 2.33. The Morgan fingerprint density at radius 3 is 2.24 bits per heavy atom. The van der Waals surface area contributed by atoms with Crippen LogP contribution in [0.4, 0.5) is 13.2 Å². The molecule has 1 aliphatic heterocycles. The van der Waals surface area contributed by atoms with Gasteiger partial charge in [-0.15, -0.1) is 6.58 Å². The molecule has 0 spiro atoms. The molecule has 0 aliphatic carbocycles. The van der Waals surface area contributed by atoms with Gasteiger partial charge in [0.2, 0.25) is 5.82 Å². The maximum absolute atomic E-state index is 14.7. The van der Waals surface area contributed by atoms with Gasteiger partial charge in [0, 0.05) is 17.0 Å². The van der Waals surface area contributed by atoms with Crippen LogP contribution in [-0.4, -0.2) is 19.8 Å². The normalized spacial score (nSPS) is 18.2. The molecule has 0 unspecified atom stereocenters. The van der Waals surface area contributed by atoms with E-state index in [1.54, 1.807) is 42.5 Å².